The third-order valence-corrected chi connectivity index (χ3v) is 3.77. The first-order valence-corrected chi connectivity index (χ1v) is 7.77. The molecule has 27 heavy (non-hydrogen) atoms. The van der Waals surface area contributed by atoms with Crippen LogP contribution < -0.4 is 5.73 Å². The summed E-state index contributed by atoms with van der Waals surface area (Å²) in [5.74, 6) is -1.05. The van der Waals surface area contributed by atoms with Gasteiger partial charge in [-0.15, -0.1) is 0 Å². The summed E-state index contributed by atoms with van der Waals surface area (Å²) in [6.07, 6.45) is 4.11. The summed E-state index contributed by atoms with van der Waals surface area (Å²) < 4.78 is 17.5. The number of aromatic amines is 1. The van der Waals surface area contributed by atoms with Crippen LogP contribution in [0.15, 0.2) is 48.9 Å². The quantitative estimate of drug-likeness (QED) is 0.402. The molecular weight excluding hydrogens is 362 g/mol. The van der Waals surface area contributed by atoms with Gasteiger partial charge in [-0.3, -0.25) is 14.9 Å². The number of carbonyl (C=O) groups is 2. The maximum atomic E-state index is 13.2. The van der Waals surface area contributed by atoms with Gasteiger partial charge in [-0.2, -0.15) is 5.10 Å². The zero-order chi connectivity index (χ0) is 18.5. The van der Waals surface area contributed by atoms with E-state index in [4.69, 9.17) is 5.73 Å². The molecule has 3 N–H and O–H groups in total. The number of hydrogen-bond acceptors (Lipinski definition) is 5. The van der Waals surface area contributed by atoms with Crippen molar-refractivity contribution in [2.24, 2.45) is 5.73 Å². The standard InChI is InChI=1S/C18H15FN4O3.Na.H/c19-12-3-1-11(2-4-12)14-9-21-8-7-13(14)15-10-22-23-16(15)5-6-17(24)26-18(20)25;;/h1-4,7-10H,5-6H2,(H2,20,25)(H,22,23);;. The molecule has 9 heteroatoms. The van der Waals surface area contributed by atoms with Crippen molar-refractivity contribution in [3.05, 3.63) is 60.4 Å². The SMILES string of the molecule is NC(=O)OC(=O)CCc1n[nH]cc1-c1ccncc1-c1ccc(F)cc1.[NaH]. The average Bonchev–Trinajstić information content (AvgIpc) is 3.08. The van der Waals surface area contributed by atoms with Crippen molar-refractivity contribution < 1.29 is 18.7 Å². The molecule has 0 aliphatic rings. The Kier molecular flexibility index (Phi) is 7.23. The molecule has 0 fully saturated rings. The van der Waals surface area contributed by atoms with Crippen molar-refractivity contribution >= 4 is 41.6 Å². The van der Waals surface area contributed by atoms with Crippen molar-refractivity contribution in [2.45, 2.75) is 12.8 Å². The van der Waals surface area contributed by atoms with Gasteiger partial charge in [-0.1, -0.05) is 12.1 Å². The predicted molar refractivity (Wildman–Crippen MR) is 98.4 cm³/mol. The summed E-state index contributed by atoms with van der Waals surface area (Å²) in [6, 6.07) is 7.90. The molecule has 0 saturated carbocycles. The molecule has 0 bridgehead atoms. The summed E-state index contributed by atoms with van der Waals surface area (Å²) in [5.41, 5.74) is 8.66. The van der Waals surface area contributed by atoms with Crippen LogP contribution in [0.1, 0.15) is 12.1 Å². The number of esters is 1. The number of hydrogen-bond donors (Lipinski definition) is 2. The number of amides is 1. The minimum absolute atomic E-state index is 0. The summed E-state index contributed by atoms with van der Waals surface area (Å²) in [7, 11) is 0. The van der Waals surface area contributed by atoms with Gasteiger partial charge in [0.25, 0.3) is 0 Å². The number of primary amides is 1. The molecule has 1 aromatic carbocycles. The Morgan fingerprint density at radius 3 is 2.56 bits per heavy atom. The van der Waals surface area contributed by atoms with Crippen LogP contribution in [0.25, 0.3) is 22.3 Å². The van der Waals surface area contributed by atoms with Gasteiger partial charge in [0.2, 0.25) is 0 Å². The number of H-pyrrole nitrogens is 1. The topological polar surface area (TPSA) is 111 Å². The first kappa shape index (κ1) is 20.8. The van der Waals surface area contributed by atoms with Gasteiger partial charge < -0.3 is 10.5 Å². The van der Waals surface area contributed by atoms with Gasteiger partial charge >= 0.3 is 41.6 Å². The third-order valence-electron chi connectivity index (χ3n) is 3.77. The molecule has 0 radical (unpaired) electrons. The van der Waals surface area contributed by atoms with E-state index in [1.165, 1.54) is 12.1 Å². The molecule has 7 nitrogen and oxygen atoms in total. The molecule has 0 saturated heterocycles. The van der Waals surface area contributed by atoms with Crippen LogP contribution in [0.3, 0.4) is 0 Å². The second-order valence-electron chi connectivity index (χ2n) is 5.47. The number of nitrogens with zero attached hydrogens (tertiary/aromatic N) is 2. The van der Waals surface area contributed by atoms with Gasteiger partial charge in [-0.05, 0) is 29.3 Å². The third kappa shape index (κ3) is 5.22. The van der Waals surface area contributed by atoms with Crippen LogP contribution in [0.5, 0.6) is 0 Å². The summed E-state index contributed by atoms with van der Waals surface area (Å²) in [4.78, 5) is 26.3. The van der Waals surface area contributed by atoms with Crippen molar-refractivity contribution in [1.82, 2.24) is 15.2 Å². The van der Waals surface area contributed by atoms with E-state index in [0.29, 0.717) is 5.69 Å². The van der Waals surface area contributed by atoms with Gasteiger partial charge in [0.1, 0.15) is 5.82 Å². The van der Waals surface area contributed by atoms with E-state index in [9.17, 15) is 14.0 Å². The first-order valence-electron chi connectivity index (χ1n) is 7.77. The molecule has 0 aliphatic heterocycles. The molecule has 0 unspecified atom stereocenters. The molecule has 3 aromatic rings. The number of ether oxygens (including phenoxy) is 1. The number of aromatic nitrogens is 3. The van der Waals surface area contributed by atoms with Crippen molar-refractivity contribution in [2.75, 3.05) is 0 Å². The van der Waals surface area contributed by atoms with Crippen molar-refractivity contribution in [3.63, 3.8) is 0 Å². The number of aryl methyl sites for hydroxylation is 1. The Labute approximate surface area is 176 Å². The van der Waals surface area contributed by atoms with E-state index in [0.717, 1.165) is 22.3 Å². The fourth-order valence-corrected chi connectivity index (χ4v) is 2.61. The number of carbonyl (C=O) groups excluding carboxylic acids is 2. The molecule has 1 amide bonds. The van der Waals surface area contributed by atoms with Crippen LogP contribution in [-0.2, 0) is 16.0 Å². The normalized spacial score (nSPS) is 10.1. The Morgan fingerprint density at radius 1 is 1.11 bits per heavy atom. The van der Waals surface area contributed by atoms with E-state index >= 15 is 0 Å². The van der Waals surface area contributed by atoms with Crippen LogP contribution in [0.4, 0.5) is 9.18 Å². The van der Waals surface area contributed by atoms with Crippen LogP contribution >= 0.6 is 0 Å². The number of benzene rings is 1. The average molecular weight is 378 g/mol. The predicted octanol–water partition coefficient (Wildman–Crippen LogP) is 2.18. The molecule has 0 spiro atoms. The summed E-state index contributed by atoms with van der Waals surface area (Å²) in [6.45, 7) is 0. The van der Waals surface area contributed by atoms with Gasteiger partial charge in [-0.25, -0.2) is 9.18 Å². The van der Waals surface area contributed by atoms with E-state index in [2.05, 4.69) is 19.9 Å². The molecule has 0 aliphatic carbocycles. The van der Waals surface area contributed by atoms with E-state index < -0.39 is 12.1 Å². The second kappa shape index (κ2) is 9.40. The van der Waals surface area contributed by atoms with E-state index in [1.54, 1.807) is 30.7 Å². The number of rotatable bonds is 5. The number of nitrogens with two attached hydrogens (primary N) is 1. The van der Waals surface area contributed by atoms with Crippen molar-refractivity contribution in [1.29, 1.82) is 0 Å². The zero-order valence-corrected chi connectivity index (χ0v) is 13.6. The van der Waals surface area contributed by atoms with Crippen LogP contribution in [0, 0.1) is 5.82 Å². The molecule has 0 atom stereocenters. The van der Waals surface area contributed by atoms with E-state index in [1.807, 2.05) is 6.07 Å². The Hall–Kier alpha value is -2.55. The van der Waals surface area contributed by atoms with Gasteiger partial charge in [0.05, 0.1) is 12.1 Å². The number of halogens is 1. The van der Waals surface area contributed by atoms with Gasteiger partial charge in [0, 0.05) is 36.1 Å². The maximum absolute atomic E-state index is 13.2. The number of pyridine rings is 1. The first-order chi connectivity index (χ1) is 12.5. The van der Waals surface area contributed by atoms with Crippen LogP contribution in [0.2, 0.25) is 0 Å². The van der Waals surface area contributed by atoms with Crippen LogP contribution in [-0.4, -0.2) is 56.8 Å². The Balaban J connectivity index is 0.00000261. The molecule has 134 valence electrons. The number of nitrogens with one attached hydrogen (secondary N) is 1. The monoisotopic (exact) mass is 378 g/mol. The minimum atomic E-state index is -1.13. The second-order valence-corrected chi connectivity index (χ2v) is 5.47. The molecule has 2 aromatic heterocycles. The zero-order valence-electron chi connectivity index (χ0n) is 13.6. The van der Waals surface area contributed by atoms with Gasteiger partial charge in [0.15, 0.2) is 0 Å². The Morgan fingerprint density at radius 2 is 1.85 bits per heavy atom. The summed E-state index contributed by atoms with van der Waals surface area (Å²) in [5, 5.41) is 6.94. The molecular formula is C18H16FN4NaO3. The fourth-order valence-electron chi connectivity index (χ4n) is 2.61. The Bertz CT molecular complexity index is 944. The van der Waals surface area contributed by atoms with Crippen molar-refractivity contribution in [3.8, 4) is 22.3 Å². The molecule has 3 rings (SSSR count). The fraction of sp³-hybridized carbons (Fsp3) is 0.111. The van der Waals surface area contributed by atoms with E-state index in [-0.39, 0.29) is 48.2 Å². The summed E-state index contributed by atoms with van der Waals surface area (Å²) >= 11 is 0. The molecule has 2 heterocycles.